The first-order valence-electron chi connectivity index (χ1n) is 47.0. The maximum absolute atomic E-state index is 12.2. The maximum Gasteiger partial charge on any atom is 0.119 e. The Kier molecular flexibility index (Phi) is 3.38. The highest BCUT2D eigenvalue weighted by Crippen LogP contribution is 2.45. The van der Waals surface area contributed by atoms with Crippen molar-refractivity contribution in [3.05, 3.63) is 89.2 Å². The standard InChI is InChI=1S/C16H25NO2.2C15H23NO2/c1-17(2)12-14-7-4-5-10-16(14,18)13-8-6-9-15(11-13)19-3;2*1-16(2)11-13-6-3-4-9-15(13,18)12-7-5-8-14(17)10-12/h6,8-9,11,14,18H,4-5,7,10,12H2,1-3H3;2*5,7-8,10,13,17-18H,3-4,6,9,11H2,1-2H3/t14-,16+;2*13-,15+/m111/s1/i1D3,2D3,3D3,4D2,5D2,6D,7D2,8D,9D,10D2,11D,12D2,14D;2*1D3,2D3,3D2,4D2,5D,6D2,7D,8D,9D2,10D,11D2,13D. The van der Waals surface area contributed by atoms with Crippen molar-refractivity contribution in [1.29, 1.82) is 0 Å². The average molecular weight is 828 g/mol. The molecule has 3 aromatic rings. The van der Waals surface area contributed by atoms with E-state index >= 15 is 0 Å². The van der Waals surface area contributed by atoms with Crippen molar-refractivity contribution in [3.63, 3.8) is 0 Å². The molecular formula is C46H71N3O6. The van der Waals surface area contributed by atoms with Crippen LogP contribution in [0.2, 0.25) is 0 Å². The monoisotopic (exact) mass is 828 g/mol. The molecule has 5 N–H and O–H groups in total. The van der Waals surface area contributed by atoms with Gasteiger partial charge in [0.15, 0.2) is 0 Å². The molecule has 3 aromatic carbocycles. The molecule has 0 radical (unpaired) electrons. The summed E-state index contributed by atoms with van der Waals surface area (Å²) in [6.07, 6.45) is -53.9. The van der Waals surface area contributed by atoms with E-state index in [-0.39, 0.29) is 0 Å². The topological polar surface area (TPSA) is 120 Å². The molecule has 3 saturated carbocycles. The first-order valence-corrected chi connectivity index (χ1v) is 14.0. The molecule has 0 amide bonds. The number of aliphatic hydroxyl groups is 3. The van der Waals surface area contributed by atoms with E-state index in [4.69, 9.17) is 90.5 Å². The molecule has 6 rings (SSSR count). The molecule has 0 unspecified atom stereocenters. The summed E-state index contributed by atoms with van der Waals surface area (Å²) in [7, 11) is -3.57. The lowest BCUT2D eigenvalue weighted by Gasteiger charge is -2.41. The molecule has 3 aliphatic rings. The minimum Gasteiger partial charge on any atom is -0.508 e. The van der Waals surface area contributed by atoms with Crippen LogP contribution in [0.25, 0.3) is 0 Å². The summed E-state index contributed by atoms with van der Waals surface area (Å²) in [4.78, 5) is -3.36. The number of nitrogens with zero attached hydrogens (tertiary/aromatic N) is 3. The minimum absolute atomic E-state index is 1.11. The second-order valence-electron chi connectivity index (χ2n) is 9.85. The Morgan fingerprint density at radius 1 is 0.618 bits per heavy atom. The van der Waals surface area contributed by atoms with Crippen LogP contribution in [-0.2, 0) is 16.8 Å². The Morgan fingerprint density at radius 3 is 1.35 bits per heavy atom. The van der Waals surface area contributed by atoms with Crippen LogP contribution in [0.5, 0.6) is 17.2 Å². The Hall–Kier alpha value is -3.18. The molecule has 0 heterocycles. The number of ether oxygens (including phenoxy) is 1. The summed E-state index contributed by atoms with van der Waals surface area (Å²) in [5.74, 6) is -19.4. The lowest BCUT2D eigenvalue weighted by Crippen LogP contribution is -2.43. The number of benzene rings is 3. The van der Waals surface area contributed by atoms with Crippen molar-refractivity contribution in [2.45, 2.75) is 93.3 Å². The van der Waals surface area contributed by atoms with Crippen LogP contribution in [0.3, 0.4) is 0 Å². The SMILES string of the molecule is [2H]c1c([2H])c(O)c([2H])c([C@@]2(O)C([2H])([2H])C([2H])([2H])C([2H])([2H])C([2H])([2H])[C@]2([2H])C([2H])([2H])N(C([2H])([2H])[2H])C([2H])([2H])[2H])c1[2H].[2H]c1c([2H])c(O)c([2H])c([C@@]2(O)C([2H])([2H])C([2H])([2H])C([2H])([2H])C([2H])([2H])[C@]2([2H])C([2H])([2H])N(C([2H])([2H])[2H])C([2H])([2H])[2H])c1[2H].[2H]c1c([2H])c(OC([2H])([2H])[2H])c([2H])c([C@@]2(O)C([2H])([2H])C([2H])([2H])C([2H])([2H])C([2H])([2H])[C@]2([2H])C([2H])([2H])N(C([2H])([2H])[2H])C([2H])([2H])[2H])c1[2H]. The second kappa shape index (κ2) is 20.3. The van der Waals surface area contributed by atoms with Crippen LogP contribution in [0.1, 0.15) is 184 Å². The van der Waals surface area contributed by atoms with Gasteiger partial charge in [-0.15, -0.1) is 0 Å². The second-order valence-corrected chi connectivity index (χ2v) is 9.85. The minimum atomic E-state index is -4.97. The van der Waals surface area contributed by atoms with Gasteiger partial charge < -0.3 is 45.0 Å². The van der Waals surface area contributed by atoms with E-state index in [9.17, 15) is 25.5 Å². The third kappa shape index (κ3) is 11.9. The number of hydrogen-bond acceptors (Lipinski definition) is 9. The van der Waals surface area contributed by atoms with Gasteiger partial charge in [-0.25, -0.2) is 0 Å². The first-order chi connectivity index (χ1) is 52.1. The molecule has 0 saturated heterocycles. The van der Waals surface area contributed by atoms with Gasteiger partial charge in [-0.05, 0) is 133 Å². The van der Waals surface area contributed by atoms with Gasteiger partial charge in [-0.1, -0.05) is 74.5 Å². The molecule has 3 fully saturated rings. The fraction of sp³-hybridized carbons (Fsp3) is 0.609. The van der Waals surface area contributed by atoms with Gasteiger partial charge in [0.2, 0.25) is 0 Å². The van der Waals surface area contributed by atoms with Crippen molar-refractivity contribution >= 4 is 0 Å². The first kappa shape index (κ1) is 9.17. The maximum atomic E-state index is 12.2. The number of phenols is 2. The third-order valence-electron chi connectivity index (χ3n) is 6.25. The Morgan fingerprint density at radius 2 is 0.982 bits per heavy atom. The number of methoxy groups -OCH3 is 1. The fourth-order valence-corrected chi connectivity index (χ4v) is 3.92. The number of aromatic hydroxyl groups is 2. The van der Waals surface area contributed by atoms with E-state index in [1.165, 1.54) is 0 Å². The highest BCUT2D eigenvalue weighted by atomic mass is 16.5. The predicted molar refractivity (Wildman–Crippen MR) is 222 cm³/mol. The van der Waals surface area contributed by atoms with Crippen LogP contribution in [0, 0.1) is 17.7 Å². The quantitative estimate of drug-likeness (QED) is 0.144. The summed E-state index contributed by atoms with van der Waals surface area (Å²) in [5.41, 5.74) is -20.1. The molecule has 0 aliphatic heterocycles. The largest absolute Gasteiger partial charge is 0.508 e. The number of hydrogen-bond donors (Lipinski definition) is 5. The van der Waals surface area contributed by atoms with Crippen LogP contribution < -0.4 is 4.74 Å². The van der Waals surface area contributed by atoms with E-state index in [1.807, 2.05) is 0 Å². The third-order valence-corrected chi connectivity index (χ3v) is 6.25. The smallest absolute Gasteiger partial charge is 0.119 e. The fourth-order valence-electron chi connectivity index (χ4n) is 3.92. The predicted octanol–water partition coefficient (Wildman–Crippen LogP) is 7.30. The Labute approximate surface area is 424 Å². The van der Waals surface area contributed by atoms with Crippen LogP contribution in [0.4, 0.5) is 0 Å². The zero-order chi connectivity index (χ0) is 97.8. The van der Waals surface area contributed by atoms with Crippen molar-refractivity contribution in [1.82, 2.24) is 14.7 Å². The molecule has 9 nitrogen and oxygen atoms in total. The highest BCUT2D eigenvalue weighted by Gasteiger charge is 2.42. The highest BCUT2D eigenvalue weighted by molar-refractivity contribution is 5.34. The van der Waals surface area contributed by atoms with Crippen molar-refractivity contribution < 1.29 is 121 Å². The van der Waals surface area contributed by atoms with E-state index in [1.54, 1.807) is 0 Å². The van der Waals surface area contributed by atoms with Gasteiger partial charge in [-0.2, -0.15) is 0 Å². The molecule has 0 bridgehead atoms. The number of phenolic OH excluding ortho intramolecular Hbond substituents is 2. The van der Waals surface area contributed by atoms with Gasteiger partial charge in [-0.3, -0.25) is 0 Å². The molecule has 9 heteroatoms. The summed E-state index contributed by atoms with van der Waals surface area (Å²) in [5, 5.41) is 56.5. The molecule has 0 aromatic heterocycles. The molecule has 306 valence electrons. The van der Waals surface area contributed by atoms with Crippen molar-refractivity contribution in [3.8, 4) is 17.2 Å². The molecule has 55 heavy (non-hydrogen) atoms. The normalized spacial score (nSPS) is 63.2. The van der Waals surface area contributed by atoms with Crippen molar-refractivity contribution in [2.75, 3.05) is 68.4 Å². The van der Waals surface area contributed by atoms with Crippen LogP contribution in [-0.4, -0.2) is 109 Å². The van der Waals surface area contributed by atoms with Gasteiger partial charge in [0.05, 0.1) is 44.4 Å². The number of rotatable bonds is 10. The molecular weight excluding hydrogens is 691 g/mol. The van der Waals surface area contributed by atoms with Crippen LogP contribution in [0.15, 0.2) is 72.5 Å². The van der Waals surface area contributed by atoms with Crippen LogP contribution >= 0.6 is 0 Å². The Balaban J connectivity index is 0.000000382. The average Bonchev–Trinajstić information content (AvgIpc) is 0.648. The van der Waals surface area contributed by atoms with Gasteiger partial charge in [0.25, 0.3) is 0 Å². The lowest BCUT2D eigenvalue weighted by atomic mass is 9.71. The van der Waals surface area contributed by atoms with Gasteiger partial charge in [0.1, 0.15) is 17.2 Å². The van der Waals surface area contributed by atoms with E-state index in [0.717, 1.165) is 0 Å². The van der Waals surface area contributed by atoms with E-state index in [2.05, 4.69) is 4.74 Å². The molecule has 0 spiro atoms. The lowest BCUT2D eigenvalue weighted by molar-refractivity contribution is -0.0621. The summed E-state index contributed by atoms with van der Waals surface area (Å²) in [6, 6.07) is -18.5. The zero-order valence-corrected chi connectivity index (χ0v) is 27.0. The summed E-state index contributed by atoms with van der Waals surface area (Å²) in [6.45, 7) is -39.3. The Bertz CT molecular complexity index is 4220. The van der Waals surface area contributed by atoms with Gasteiger partial charge in [0, 0.05) is 107 Å². The summed E-state index contributed by atoms with van der Waals surface area (Å²) >= 11 is 0. The van der Waals surface area contributed by atoms with E-state index in [0.29, 0.717) is 0 Å². The van der Waals surface area contributed by atoms with E-state index < -0.39 is 300 Å². The van der Waals surface area contributed by atoms with Crippen molar-refractivity contribution in [2.24, 2.45) is 17.7 Å². The zero-order valence-electron chi connectivity index (χ0n) is 93.0. The summed E-state index contributed by atoms with van der Waals surface area (Å²) < 4.78 is 536. The molecule has 3 aliphatic carbocycles. The molecule has 6 atom stereocenters. The van der Waals surface area contributed by atoms with Gasteiger partial charge >= 0.3 is 0 Å².